The van der Waals surface area contributed by atoms with Crippen LogP contribution in [-0.2, 0) is 17.9 Å². The summed E-state index contributed by atoms with van der Waals surface area (Å²) < 4.78 is 5.82. The number of anilines is 1. The fourth-order valence-electron chi connectivity index (χ4n) is 3.20. The molecule has 0 amide bonds. The molecule has 1 atom stereocenters. The van der Waals surface area contributed by atoms with Gasteiger partial charge in [-0.15, -0.1) is 0 Å². The van der Waals surface area contributed by atoms with Crippen molar-refractivity contribution >= 4 is 11.6 Å². The predicted octanol–water partition coefficient (Wildman–Crippen LogP) is 3.58. The third-order valence-corrected chi connectivity index (χ3v) is 4.94. The van der Waals surface area contributed by atoms with Crippen molar-refractivity contribution in [2.24, 2.45) is 10.9 Å². The minimum atomic E-state index is 0.394. The molecule has 154 valence electrons. The van der Waals surface area contributed by atoms with Gasteiger partial charge in [-0.25, -0.2) is 0 Å². The lowest BCUT2D eigenvalue weighted by atomic mass is 10.2. The second-order valence-electron chi connectivity index (χ2n) is 7.46. The number of hydrogen-bond acceptors (Lipinski definition) is 3. The second kappa shape index (κ2) is 11.3. The van der Waals surface area contributed by atoms with E-state index in [1.165, 1.54) is 16.8 Å². The molecule has 0 fully saturated rings. The predicted molar refractivity (Wildman–Crippen MR) is 121 cm³/mol. The molecule has 1 aliphatic heterocycles. The summed E-state index contributed by atoms with van der Waals surface area (Å²) in [5.74, 6) is 1.21. The number of ether oxygens (including phenoxy) is 1. The van der Waals surface area contributed by atoms with Crippen molar-refractivity contribution in [3.05, 3.63) is 77.9 Å². The number of benzene rings is 2. The van der Waals surface area contributed by atoms with Gasteiger partial charge in [0.2, 0.25) is 0 Å². The summed E-state index contributed by atoms with van der Waals surface area (Å²) >= 11 is 0. The van der Waals surface area contributed by atoms with E-state index in [4.69, 9.17) is 4.74 Å². The standard InChI is InChI=1S/C24H32N4O/c1-20(18-29-19-22-8-4-3-5-9-22)16-26-24(25-2)27-17-21-10-12-23(13-11-21)28-14-6-7-15-28/h3-13,20H,14-19H2,1-2H3,(H2,25,26,27). The van der Waals surface area contributed by atoms with Crippen LogP contribution < -0.4 is 15.5 Å². The summed E-state index contributed by atoms with van der Waals surface area (Å²) in [4.78, 5) is 6.67. The molecule has 0 radical (unpaired) electrons. The Kier molecular flexibility index (Phi) is 8.13. The van der Waals surface area contributed by atoms with Crippen LogP contribution in [0.3, 0.4) is 0 Å². The van der Waals surface area contributed by atoms with Crippen molar-refractivity contribution in [2.75, 3.05) is 38.2 Å². The highest BCUT2D eigenvalue weighted by Crippen LogP contribution is 2.17. The molecule has 0 aromatic heterocycles. The Hall–Kier alpha value is -2.79. The second-order valence-corrected chi connectivity index (χ2v) is 7.46. The minimum absolute atomic E-state index is 0.394. The minimum Gasteiger partial charge on any atom is -0.376 e. The highest BCUT2D eigenvalue weighted by atomic mass is 16.5. The number of rotatable bonds is 9. The molecule has 1 unspecified atom stereocenters. The maximum absolute atomic E-state index is 5.82. The number of nitrogens with one attached hydrogen (secondary N) is 2. The molecule has 29 heavy (non-hydrogen) atoms. The molecule has 0 spiro atoms. The summed E-state index contributed by atoms with van der Waals surface area (Å²) in [5, 5.41) is 6.77. The van der Waals surface area contributed by atoms with E-state index in [9.17, 15) is 0 Å². The van der Waals surface area contributed by atoms with E-state index in [1.54, 1.807) is 7.05 Å². The normalized spacial score (nSPS) is 14.8. The quantitative estimate of drug-likeness (QED) is 0.389. The summed E-state index contributed by atoms with van der Waals surface area (Å²) in [6, 6.07) is 19.0. The van der Waals surface area contributed by atoms with E-state index >= 15 is 0 Å². The van der Waals surface area contributed by atoms with E-state index in [0.29, 0.717) is 19.1 Å². The molecule has 0 saturated heterocycles. The van der Waals surface area contributed by atoms with E-state index in [-0.39, 0.29) is 0 Å². The molecule has 2 aromatic carbocycles. The molecule has 0 bridgehead atoms. The number of guanidine groups is 1. The molecule has 1 heterocycles. The highest BCUT2D eigenvalue weighted by molar-refractivity contribution is 5.79. The van der Waals surface area contributed by atoms with Crippen molar-refractivity contribution in [3.63, 3.8) is 0 Å². The average Bonchev–Trinajstić information content (AvgIpc) is 3.30. The van der Waals surface area contributed by atoms with Gasteiger partial charge in [0.1, 0.15) is 0 Å². The van der Waals surface area contributed by atoms with Gasteiger partial charge in [0.15, 0.2) is 5.96 Å². The van der Waals surface area contributed by atoms with Crippen molar-refractivity contribution in [1.29, 1.82) is 0 Å². The number of nitrogens with zero attached hydrogens (tertiary/aromatic N) is 2. The summed E-state index contributed by atoms with van der Waals surface area (Å²) in [5.41, 5.74) is 3.71. The third kappa shape index (κ3) is 6.95. The van der Waals surface area contributed by atoms with Crippen molar-refractivity contribution in [2.45, 2.75) is 20.1 Å². The SMILES string of the molecule is CN=C(NCc1ccc(N2CC=CC2)cc1)NCC(C)COCc1ccccc1. The van der Waals surface area contributed by atoms with Crippen LogP contribution >= 0.6 is 0 Å². The van der Waals surface area contributed by atoms with Crippen LogP contribution in [0.15, 0.2) is 71.7 Å². The first-order chi connectivity index (χ1) is 14.2. The first-order valence-electron chi connectivity index (χ1n) is 10.3. The first kappa shape index (κ1) is 20.9. The van der Waals surface area contributed by atoms with Gasteiger partial charge in [0.25, 0.3) is 0 Å². The highest BCUT2D eigenvalue weighted by Gasteiger charge is 2.08. The first-order valence-corrected chi connectivity index (χ1v) is 10.3. The maximum Gasteiger partial charge on any atom is 0.191 e. The molecule has 5 heteroatoms. The van der Waals surface area contributed by atoms with Gasteiger partial charge in [0.05, 0.1) is 13.2 Å². The topological polar surface area (TPSA) is 48.9 Å². The number of aliphatic imine (C=N–C) groups is 1. The van der Waals surface area contributed by atoms with Gasteiger partial charge in [-0.2, -0.15) is 0 Å². The van der Waals surface area contributed by atoms with Crippen molar-refractivity contribution in [3.8, 4) is 0 Å². The van der Waals surface area contributed by atoms with Crippen LogP contribution in [-0.4, -0.2) is 39.2 Å². The molecule has 1 aliphatic rings. The van der Waals surface area contributed by atoms with Crippen molar-refractivity contribution in [1.82, 2.24) is 10.6 Å². The Labute approximate surface area is 174 Å². The summed E-state index contributed by atoms with van der Waals surface area (Å²) in [6.07, 6.45) is 4.41. The van der Waals surface area contributed by atoms with Gasteiger partial charge in [-0.1, -0.05) is 61.5 Å². The zero-order chi connectivity index (χ0) is 20.3. The molecule has 3 rings (SSSR count). The summed E-state index contributed by atoms with van der Waals surface area (Å²) in [7, 11) is 1.80. The van der Waals surface area contributed by atoms with Crippen LogP contribution in [0.4, 0.5) is 5.69 Å². The van der Waals surface area contributed by atoms with Crippen LogP contribution in [0.2, 0.25) is 0 Å². The smallest absolute Gasteiger partial charge is 0.191 e. The van der Waals surface area contributed by atoms with Gasteiger partial charge in [0, 0.05) is 38.9 Å². The lowest BCUT2D eigenvalue weighted by Gasteiger charge is -2.18. The molecule has 2 aromatic rings. The zero-order valence-electron chi connectivity index (χ0n) is 17.5. The fraction of sp³-hybridized carbons (Fsp3) is 0.375. The lowest BCUT2D eigenvalue weighted by Crippen LogP contribution is -2.39. The molecular formula is C24H32N4O. The molecular weight excluding hydrogens is 360 g/mol. The van der Waals surface area contributed by atoms with Crippen LogP contribution in [0.5, 0.6) is 0 Å². The Morgan fingerprint density at radius 3 is 2.41 bits per heavy atom. The van der Waals surface area contributed by atoms with E-state index < -0.39 is 0 Å². The maximum atomic E-state index is 5.82. The summed E-state index contributed by atoms with van der Waals surface area (Å²) in [6.45, 7) is 7.11. The van der Waals surface area contributed by atoms with Gasteiger partial charge >= 0.3 is 0 Å². The van der Waals surface area contributed by atoms with Gasteiger partial charge in [-0.05, 0) is 29.2 Å². The molecule has 0 aliphatic carbocycles. The fourth-order valence-corrected chi connectivity index (χ4v) is 3.20. The molecule has 0 saturated carbocycles. The van der Waals surface area contributed by atoms with Crippen LogP contribution in [0.25, 0.3) is 0 Å². The average molecular weight is 393 g/mol. The van der Waals surface area contributed by atoms with Crippen LogP contribution in [0, 0.1) is 5.92 Å². The lowest BCUT2D eigenvalue weighted by molar-refractivity contribution is 0.0931. The molecule has 2 N–H and O–H groups in total. The van der Waals surface area contributed by atoms with Gasteiger partial charge in [-0.3, -0.25) is 4.99 Å². The Bertz CT molecular complexity index is 778. The van der Waals surface area contributed by atoms with Crippen LogP contribution in [0.1, 0.15) is 18.1 Å². The third-order valence-electron chi connectivity index (χ3n) is 4.94. The Balaban J connectivity index is 1.34. The van der Waals surface area contributed by atoms with E-state index in [0.717, 1.165) is 32.1 Å². The Morgan fingerprint density at radius 1 is 1.00 bits per heavy atom. The van der Waals surface area contributed by atoms with Gasteiger partial charge < -0.3 is 20.3 Å². The number of hydrogen-bond donors (Lipinski definition) is 2. The Morgan fingerprint density at radius 2 is 1.72 bits per heavy atom. The van der Waals surface area contributed by atoms with E-state index in [1.807, 2.05) is 18.2 Å². The van der Waals surface area contributed by atoms with E-state index in [2.05, 4.69) is 76.0 Å². The monoisotopic (exact) mass is 392 g/mol. The largest absolute Gasteiger partial charge is 0.376 e. The molecule has 5 nitrogen and oxygen atoms in total. The van der Waals surface area contributed by atoms with Crippen molar-refractivity contribution < 1.29 is 4.74 Å². The zero-order valence-corrected chi connectivity index (χ0v) is 17.5.